The van der Waals surface area contributed by atoms with Crippen molar-refractivity contribution >= 4 is 17.9 Å². The molecule has 18 heavy (non-hydrogen) atoms. The van der Waals surface area contributed by atoms with Crippen molar-refractivity contribution < 1.29 is 14.3 Å². The molecule has 0 saturated carbocycles. The summed E-state index contributed by atoms with van der Waals surface area (Å²) in [6.07, 6.45) is 1.21. The summed E-state index contributed by atoms with van der Waals surface area (Å²) >= 11 is 0. The third kappa shape index (κ3) is 1.78. The van der Waals surface area contributed by atoms with Gasteiger partial charge in [-0.05, 0) is 17.7 Å². The first-order chi connectivity index (χ1) is 8.40. The van der Waals surface area contributed by atoms with Crippen molar-refractivity contribution in [3.63, 3.8) is 0 Å². The summed E-state index contributed by atoms with van der Waals surface area (Å²) in [7, 11) is 3.27. The monoisotopic (exact) mass is 247 g/mol. The summed E-state index contributed by atoms with van der Waals surface area (Å²) in [6, 6.07) is 3.59. The molecule has 0 fully saturated rings. The largest absolute Gasteiger partial charge is 0.496 e. The van der Waals surface area contributed by atoms with E-state index < -0.39 is 0 Å². The maximum absolute atomic E-state index is 11.9. The number of carbonyl (C=O) groups is 2. The van der Waals surface area contributed by atoms with Gasteiger partial charge in [0.05, 0.1) is 12.7 Å². The van der Waals surface area contributed by atoms with Gasteiger partial charge in [-0.15, -0.1) is 0 Å². The Labute approximate surface area is 107 Å². The van der Waals surface area contributed by atoms with Crippen LogP contribution in [0.1, 0.15) is 36.2 Å². The fourth-order valence-electron chi connectivity index (χ4n) is 2.40. The van der Waals surface area contributed by atoms with E-state index in [9.17, 15) is 9.59 Å². The molecular formula is C14H17NO3. The van der Waals surface area contributed by atoms with Crippen molar-refractivity contribution in [2.75, 3.05) is 19.1 Å². The number of carbonyl (C=O) groups excluding carboxylic acids is 2. The van der Waals surface area contributed by atoms with Crippen LogP contribution in [0.3, 0.4) is 0 Å². The fraction of sp³-hybridized carbons (Fsp3) is 0.429. The first-order valence-corrected chi connectivity index (χ1v) is 5.85. The lowest BCUT2D eigenvalue weighted by atomic mass is 9.77. The summed E-state index contributed by atoms with van der Waals surface area (Å²) in [4.78, 5) is 24.6. The third-order valence-corrected chi connectivity index (χ3v) is 3.53. The number of rotatable bonds is 2. The van der Waals surface area contributed by atoms with Crippen LogP contribution in [0.25, 0.3) is 0 Å². The van der Waals surface area contributed by atoms with Gasteiger partial charge in [-0.25, -0.2) is 0 Å². The van der Waals surface area contributed by atoms with Crippen LogP contribution in [0.15, 0.2) is 12.1 Å². The minimum atomic E-state index is -0.242. The van der Waals surface area contributed by atoms with Crippen LogP contribution >= 0.6 is 0 Å². The second-order valence-electron chi connectivity index (χ2n) is 5.24. The van der Waals surface area contributed by atoms with Crippen LogP contribution in [-0.4, -0.2) is 26.4 Å². The average Bonchev–Trinajstić information content (AvgIpc) is 2.34. The number of benzene rings is 1. The molecule has 0 atom stereocenters. The molecule has 0 saturated heterocycles. The highest BCUT2D eigenvalue weighted by atomic mass is 16.5. The Bertz CT molecular complexity index is 520. The van der Waals surface area contributed by atoms with E-state index >= 15 is 0 Å². The van der Waals surface area contributed by atoms with Gasteiger partial charge in [0.15, 0.2) is 6.29 Å². The Balaban J connectivity index is 2.70. The number of amides is 1. The molecule has 0 spiro atoms. The second-order valence-corrected chi connectivity index (χ2v) is 5.24. The van der Waals surface area contributed by atoms with E-state index in [1.807, 2.05) is 19.9 Å². The lowest BCUT2D eigenvalue weighted by Gasteiger charge is -2.37. The molecule has 0 aliphatic carbocycles. The number of fused-ring (bicyclic) bond motifs is 1. The van der Waals surface area contributed by atoms with E-state index in [-0.39, 0.29) is 11.3 Å². The average molecular weight is 247 g/mol. The minimum Gasteiger partial charge on any atom is -0.496 e. The molecule has 0 radical (unpaired) electrons. The van der Waals surface area contributed by atoms with Crippen molar-refractivity contribution in [1.82, 2.24) is 0 Å². The molecule has 1 aromatic rings. The van der Waals surface area contributed by atoms with E-state index in [0.29, 0.717) is 17.7 Å². The molecule has 4 nitrogen and oxygen atoms in total. The van der Waals surface area contributed by atoms with Gasteiger partial charge in [0, 0.05) is 24.6 Å². The highest BCUT2D eigenvalue weighted by Crippen LogP contribution is 2.42. The normalized spacial score (nSPS) is 17.3. The summed E-state index contributed by atoms with van der Waals surface area (Å²) in [5.74, 6) is 0.620. The Morgan fingerprint density at radius 3 is 2.61 bits per heavy atom. The van der Waals surface area contributed by atoms with Crippen LogP contribution in [0.2, 0.25) is 0 Å². The van der Waals surface area contributed by atoms with Gasteiger partial charge in [0.1, 0.15) is 5.75 Å². The molecular weight excluding hydrogens is 230 g/mol. The Morgan fingerprint density at radius 1 is 1.39 bits per heavy atom. The zero-order valence-corrected chi connectivity index (χ0v) is 11.1. The molecule has 1 heterocycles. The number of aldehydes is 1. The van der Waals surface area contributed by atoms with E-state index in [1.165, 1.54) is 0 Å². The van der Waals surface area contributed by atoms with Crippen molar-refractivity contribution in [3.05, 3.63) is 23.3 Å². The van der Waals surface area contributed by atoms with Gasteiger partial charge in [-0.1, -0.05) is 13.8 Å². The van der Waals surface area contributed by atoms with Gasteiger partial charge >= 0.3 is 0 Å². The van der Waals surface area contributed by atoms with Gasteiger partial charge in [0.25, 0.3) is 0 Å². The lowest BCUT2D eigenvalue weighted by molar-refractivity contribution is -0.119. The highest BCUT2D eigenvalue weighted by molar-refractivity contribution is 5.99. The van der Waals surface area contributed by atoms with Gasteiger partial charge < -0.3 is 9.64 Å². The van der Waals surface area contributed by atoms with Crippen molar-refractivity contribution in [2.45, 2.75) is 25.7 Å². The van der Waals surface area contributed by atoms with Crippen LogP contribution in [-0.2, 0) is 10.2 Å². The highest BCUT2D eigenvalue weighted by Gasteiger charge is 2.36. The summed E-state index contributed by atoms with van der Waals surface area (Å²) < 4.78 is 5.22. The summed E-state index contributed by atoms with van der Waals surface area (Å²) in [6.45, 7) is 4.05. The van der Waals surface area contributed by atoms with Crippen molar-refractivity contribution in [2.24, 2.45) is 0 Å². The van der Waals surface area contributed by atoms with Crippen LogP contribution in [0.5, 0.6) is 5.75 Å². The topological polar surface area (TPSA) is 46.6 Å². The third-order valence-electron chi connectivity index (χ3n) is 3.53. The summed E-state index contributed by atoms with van der Waals surface area (Å²) in [5, 5.41) is 0. The van der Waals surface area contributed by atoms with Gasteiger partial charge in [0.2, 0.25) is 5.91 Å². The minimum absolute atomic E-state index is 0.0644. The fourth-order valence-corrected chi connectivity index (χ4v) is 2.40. The maximum atomic E-state index is 11.9. The molecule has 1 aliphatic heterocycles. The number of hydrogen-bond donors (Lipinski definition) is 0. The zero-order valence-electron chi connectivity index (χ0n) is 11.1. The molecule has 1 amide bonds. The van der Waals surface area contributed by atoms with E-state index in [1.54, 1.807) is 25.1 Å². The smallest absolute Gasteiger partial charge is 0.227 e. The SMILES string of the molecule is COc1cc2c(cc1C=O)N(C)C(=O)CC2(C)C. The van der Waals surface area contributed by atoms with Crippen LogP contribution < -0.4 is 9.64 Å². The molecule has 0 unspecified atom stereocenters. The number of hydrogen-bond acceptors (Lipinski definition) is 3. The molecule has 0 N–H and O–H groups in total. The van der Waals surface area contributed by atoms with Gasteiger partial charge in [-0.2, -0.15) is 0 Å². The first kappa shape index (κ1) is 12.6. The van der Waals surface area contributed by atoms with Crippen LogP contribution in [0.4, 0.5) is 5.69 Å². The van der Waals surface area contributed by atoms with E-state index in [0.717, 1.165) is 17.5 Å². The van der Waals surface area contributed by atoms with E-state index in [4.69, 9.17) is 4.74 Å². The molecule has 2 rings (SSSR count). The standard InChI is InChI=1S/C14H17NO3/c1-14(2)7-13(17)15(3)11-5-9(8-16)12(18-4)6-10(11)14/h5-6,8H,7H2,1-4H3. The van der Waals surface area contributed by atoms with E-state index in [2.05, 4.69) is 0 Å². The second kappa shape index (κ2) is 4.12. The Hall–Kier alpha value is -1.84. The molecule has 4 heteroatoms. The molecule has 1 aromatic carbocycles. The Morgan fingerprint density at radius 2 is 2.06 bits per heavy atom. The zero-order chi connectivity index (χ0) is 13.5. The number of methoxy groups -OCH3 is 1. The maximum Gasteiger partial charge on any atom is 0.227 e. The molecule has 96 valence electrons. The molecule has 0 aromatic heterocycles. The predicted molar refractivity (Wildman–Crippen MR) is 69.4 cm³/mol. The predicted octanol–water partition coefficient (Wildman–Crippen LogP) is 2.15. The summed E-state index contributed by atoms with van der Waals surface area (Å²) in [5.41, 5.74) is 2.05. The van der Waals surface area contributed by atoms with Gasteiger partial charge in [-0.3, -0.25) is 9.59 Å². The molecule has 1 aliphatic rings. The Kier molecular flexibility index (Phi) is 2.89. The quantitative estimate of drug-likeness (QED) is 0.752. The van der Waals surface area contributed by atoms with Crippen molar-refractivity contribution in [3.8, 4) is 5.75 Å². The first-order valence-electron chi connectivity index (χ1n) is 5.85. The molecule has 0 bridgehead atoms. The van der Waals surface area contributed by atoms with Crippen LogP contribution in [0, 0.1) is 0 Å². The number of anilines is 1. The number of ether oxygens (including phenoxy) is 1. The number of nitrogens with zero attached hydrogens (tertiary/aromatic N) is 1. The lowest BCUT2D eigenvalue weighted by Crippen LogP contribution is -2.39. The van der Waals surface area contributed by atoms with Crippen molar-refractivity contribution in [1.29, 1.82) is 0 Å².